The molecule has 13 heavy (non-hydrogen) atoms. The zero-order valence-electron chi connectivity index (χ0n) is 7.91. The van der Waals surface area contributed by atoms with E-state index in [2.05, 4.69) is 6.58 Å². The number of hydrogen-bond donors (Lipinski definition) is 0. The Morgan fingerprint density at radius 2 is 2.31 bits per heavy atom. The zero-order chi connectivity index (χ0) is 9.84. The van der Waals surface area contributed by atoms with Crippen molar-refractivity contribution >= 4 is 6.09 Å². The molecule has 0 aromatic rings. The summed E-state index contributed by atoms with van der Waals surface area (Å²) in [6, 6.07) is 0. The van der Waals surface area contributed by atoms with Gasteiger partial charge in [-0.1, -0.05) is 18.7 Å². The smallest absolute Gasteiger partial charge is 0.414 e. The SMILES string of the molecule is C=CC1=C(/C=C\C)COC(=O)N1C. The maximum atomic E-state index is 11.1. The number of rotatable bonds is 2. The number of ether oxygens (including phenoxy) is 1. The Labute approximate surface area is 78.0 Å². The van der Waals surface area contributed by atoms with E-state index in [4.69, 9.17) is 4.74 Å². The fourth-order valence-electron chi connectivity index (χ4n) is 1.23. The van der Waals surface area contributed by atoms with Gasteiger partial charge in [0.1, 0.15) is 6.61 Å². The highest BCUT2D eigenvalue weighted by Crippen LogP contribution is 2.18. The molecule has 1 heterocycles. The van der Waals surface area contributed by atoms with Crippen molar-refractivity contribution in [1.82, 2.24) is 4.90 Å². The van der Waals surface area contributed by atoms with Gasteiger partial charge in [-0.2, -0.15) is 0 Å². The largest absolute Gasteiger partial charge is 0.444 e. The van der Waals surface area contributed by atoms with Crippen LogP contribution in [0.3, 0.4) is 0 Å². The van der Waals surface area contributed by atoms with Crippen LogP contribution >= 0.6 is 0 Å². The molecule has 1 aliphatic heterocycles. The molecule has 0 bridgehead atoms. The van der Waals surface area contributed by atoms with Gasteiger partial charge in [0.15, 0.2) is 0 Å². The molecule has 0 aromatic carbocycles. The molecule has 0 atom stereocenters. The number of carbonyl (C=O) groups excluding carboxylic acids is 1. The molecule has 0 radical (unpaired) electrons. The summed E-state index contributed by atoms with van der Waals surface area (Å²) in [6.45, 7) is 5.91. The fraction of sp³-hybridized carbons (Fsp3) is 0.300. The Morgan fingerprint density at radius 3 is 2.85 bits per heavy atom. The average Bonchev–Trinajstić information content (AvgIpc) is 2.12. The second-order valence-corrected chi connectivity index (χ2v) is 2.73. The maximum absolute atomic E-state index is 11.1. The molecule has 70 valence electrons. The van der Waals surface area contributed by atoms with Gasteiger partial charge in [0, 0.05) is 12.6 Å². The molecule has 1 amide bonds. The quantitative estimate of drug-likeness (QED) is 0.649. The van der Waals surface area contributed by atoms with Gasteiger partial charge in [-0.15, -0.1) is 0 Å². The van der Waals surface area contributed by atoms with Crippen LogP contribution in [0.25, 0.3) is 0 Å². The predicted octanol–water partition coefficient (Wildman–Crippen LogP) is 2.08. The van der Waals surface area contributed by atoms with Crippen LogP contribution in [0.15, 0.2) is 36.1 Å². The molecule has 0 saturated carbocycles. The Kier molecular flexibility index (Phi) is 2.90. The lowest BCUT2D eigenvalue weighted by Gasteiger charge is -2.25. The van der Waals surface area contributed by atoms with Crippen LogP contribution in [0.1, 0.15) is 6.92 Å². The summed E-state index contributed by atoms with van der Waals surface area (Å²) in [5.41, 5.74) is 1.79. The first-order valence-electron chi connectivity index (χ1n) is 4.09. The Hall–Kier alpha value is -1.51. The fourth-order valence-corrected chi connectivity index (χ4v) is 1.23. The molecule has 1 aliphatic rings. The van der Waals surface area contributed by atoms with Crippen LogP contribution in [0.4, 0.5) is 4.79 Å². The first kappa shape index (κ1) is 9.58. The molecule has 0 saturated heterocycles. The lowest BCUT2D eigenvalue weighted by molar-refractivity contribution is 0.121. The van der Waals surface area contributed by atoms with Gasteiger partial charge in [0.2, 0.25) is 0 Å². The standard InChI is InChI=1S/C10H13NO2/c1-4-6-8-7-13-10(12)11(3)9(8)5-2/h4-6H,2,7H2,1,3H3/b6-4-. The molecule has 0 N–H and O–H groups in total. The normalized spacial score (nSPS) is 18.0. The Balaban J connectivity index is 3.05. The van der Waals surface area contributed by atoms with Crippen LogP contribution in [0.2, 0.25) is 0 Å². The van der Waals surface area contributed by atoms with Crippen molar-refractivity contribution in [2.75, 3.05) is 13.7 Å². The number of allylic oxidation sites excluding steroid dienone is 2. The van der Waals surface area contributed by atoms with Gasteiger partial charge in [0.25, 0.3) is 0 Å². The molecule has 0 aromatic heterocycles. The Bertz CT molecular complexity index is 289. The van der Waals surface area contributed by atoms with E-state index < -0.39 is 0 Å². The molecular weight excluding hydrogens is 166 g/mol. The Morgan fingerprint density at radius 1 is 1.62 bits per heavy atom. The van der Waals surface area contributed by atoms with E-state index in [1.165, 1.54) is 4.90 Å². The highest BCUT2D eigenvalue weighted by atomic mass is 16.6. The minimum Gasteiger partial charge on any atom is -0.444 e. The second-order valence-electron chi connectivity index (χ2n) is 2.73. The highest BCUT2D eigenvalue weighted by Gasteiger charge is 2.21. The number of amides is 1. The summed E-state index contributed by atoms with van der Waals surface area (Å²) in [7, 11) is 1.67. The van der Waals surface area contributed by atoms with E-state index in [0.717, 1.165) is 11.3 Å². The summed E-state index contributed by atoms with van der Waals surface area (Å²) in [5.74, 6) is 0. The van der Waals surface area contributed by atoms with Crippen molar-refractivity contribution in [3.63, 3.8) is 0 Å². The number of cyclic esters (lactones) is 1. The van der Waals surface area contributed by atoms with Crippen LogP contribution in [-0.4, -0.2) is 24.6 Å². The minimum absolute atomic E-state index is 0.328. The third kappa shape index (κ3) is 1.80. The molecule has 0 aliphatic carbocycles. The molecule has 3 heteroatoms. The van der Waals surface area contributed by atoms with E-state index in [1.807, 2.05) is 19.1 Å². The lowest BCUT2D eigenvalue weighted by atomic mass is 10.1. The van der Waals surface area contributed by atoms with E-state index in [0.29, 0.717) is 6.61 Å². The number of carbonyl (C=O) groups is 1. The first-order valence-corrected chi connectivity index (χ1v) is 4.09. The van der Waals surface area contributed by atoms with Crippen LogP contribution in [0.5, 0.6) is 0 Å². The molecule has 0 unspecified atom stereocenters. The van der Waals surface area contributed by atoms with Gasteiger partial charge in [-0.05, 0) is 13.0 Å². The molecular formula is C10H13NO2. The number of likely N-dealkylation sites (N-methyl/N-ethyl adjacent to an activating group) is 1. The van der Waals surface area contributed by atoms with Crippen molar-refractivity contribution in [1.29, 1.82) is 0 Å². The molecule has 1 rings (SSSR count). The van der Waals surface area contributed by atoms with Crippen molar-refractivity contribution in [2.24, 2.45) is 0 Å². The predicted molar refractivity (Wildman–Crippen MR) is 51.1 cm³/mol. The summed E-state index contributed by atoms with van der Waals surface area (Å²) in [6.07, 6.45) is 5.16. The maximum Gasteiger partial charge on any atom is 0.414 e. The van der Waals surface area contributed by atoms with Gasteiger partial charge in [-0.3, -0.25) is 4.90 Å². The molecule has 0 spiro atoms. The van der Waals surface area contributed by atoms with Crippen molar-refractivity contribution in [3.05, 3.63) is 36.1 Å². The number of nitrogens with zero attached hydrogens (tertiary/aromatic N) is 1. The summed E-state index contributed by atoms with van der Waals surface area (Å²) >= 11 is 0. The third-order valence-corrected chi connectivity index (χ3v) is 1.88. The molecule has 3 nitrogen and oxygen atoms in total. The van der Waals surface area contributed by atoms with Gasteiger partial charge < -0.3 is 4.74 Å². The van der Waals surface area contributed by atoms with Crippen LogP contribution < -0.4 is 0 Å². The van der Waals surface area contributed by atoms with Crippen molar-refractivity contribution < 1.29 is 9.53 Å². The monoisotopic (exact) mass is 179 g/mol. The topological polar surface area (TPSA) is 29.5 Å². The van der Waals surface area contributed by atoms with E-state index in [1.54, 1.807) is 13.1 Å². The summed E-state index contributed by atoms with van der Waals surface area (Å²) in [4.78, 5) is 12.6. The zero-order valence-corrected chi connectivity index (χ0v) is 7.91. The highest BCUT2D eigenvalue weighted by molar-refractivity contribution is 5.72. The van der Waals surface area contributed by atoms with Gasteiger partial charge in [-0.25, -0.2) is 4.79 Å². The van der Waals surface area contributed by atoms with Crippen LogP contribution in [-0.2, 0) is 4.74 Å². The summed E-state index contributed by atoms with van der Waals surface area (Å²) < 4.78 is 4.92. The first-order chi connectivity index (χ1) is 6.20. The summed E-state index contributed by atoms with van der Waals surface area (Å²) in [5, 5.41) is 0. The van der Waals surface area contributed by atoms with Crippen LogP contribution in [0, 0.1) is 0 Å². The second kappa shape index (κ2) is 3.94. The minimum atomic E-state index is -0.330. The molecule has 0 fully saturated rings. The number of hydrogen-bond acceptors (Lipinski definition) is 2. The van der Waals surface area contributed by atoms with Gasteiger partial charge in [0.05, 0.1) is 5.70 Å². The van der Waals surface area contributed by atoms with E-state index in [9.17, 15) is 4.79 Å². The third-order valence-electron chi connectivity index (χ3n) is 1.88. The average molecular weight is 179 g/mol. The van der Waals surface area contributed by atoms with Crippen molar-refractivity contribution in [3.8, 4) is 0 Å². The lowest BCUT2D eigenvalue weighted by Crippen LogP contribution is -2.32. The van der Waals surface area contributed by atoms with Crippen molar-refractivity contribution in [2.45, 2.75) is 6.92 Å². The van der Waals surface area contributed by atoms with E-state index in [-0.39, 0.29) is 6.09 Å². The van der Waals surface area contributed by atoms with E-state index >= 15 is 0 Å². The van der Waals surface area contributed by atoms with Gasteiger partial charge >= 0.3 is 6.09 Å².